The van der Waals surface area contributed by atoms with Crippen molar-refractivity contribution in [3.63, 3.8) is 0 Å². The lowest BCUT2D eigenvalue weighted by atomic mass is 9.96. The monoisotopic (exact) mass is 365 g/mol. The number of rotatable bonds is 4. The van der Waals surface area contributed by atoms with E-state index in [2.05, 4.69) is 4.99 Å². The van der Waals surface area contributed by atoms with Crippen molar-refractivity contribution in [1.29, 1.82) is 0 Å². The van der Waals surface area contributed by atoms with Gasteiger partial charge in [0.05, 0.1) is 13.2 Å². The Labute approximate surface area is 143 Å². The van der Waals surface area contributed by atoms with Crippen LogP contribution < -0.4 is 0 Å². The Morgan fingerprint density at radius 3 is 2.24 bits per heavy atom. The van der Waals surface area contributed by atoms with Crippen molar-refractivity contribution in [3.8, 4) is 0 Å². The summed E-state index contributed by atoms with van der Waals surface area (Å²) in [6, 6.07) is -0.780. The van der Waals surface area contributed by atoms with Crippen LogP contribution in [-0.2, 0) is 18.9 Å². The minimum absolute atomic E-state index is 0.319. The van der Waals surface area contributed by atoms with E-state index in [1.165, 1.54) is 0 Å². The number of hydrogen-bond donors (Lipinski definition) is 6. The van der Waals surface area contributed by atoms with Gasteiger partial charge in [-0.3, -0.25) is 0 Å². The van der Waals surface area contributed by atoms with Gasteiger partial charge in [-0.15, -0.1) is 0 Å². The van der Waals surface area contributed by atoms with Gasteiger partial charge >= 0.3 is 0 Å². The molecule has 0 aromatic rings. The first kappa shape index (κ1) is 18.9. The zero-order valence-corrected chi connectivity index (χ0v) is 13.5. The lowest BCUT2D eigenvalue weighted by Crippen LogP contribution is -2.63. The zero-order valence-electron chi connectivity index (χ0n) is 13.5. The highest BCUT2D eigenvalue weighted by molar-refractivity contribution is 5.75. The van der Waals surface area contributed by atoms with E-state index < -0.39 is 74.6 Å². The maximum Gasteiger partial charge on any atom is 0.227 e. The van der Waals surface area contributed by atoms with Crippen molar-refractivity contribution in [2.24, 2.45) is 4.99 Å². The van der Waals surface area contributed by atoms with Gasteiger partial charge < -0.3 is 49.6 Å². The Hall–Kier alpha value is -0.890. The number of aliphatic hydroxyl groups is 6. The Bertz CT molecular complexity index is 502. The molecule has 11 nitrogen and oxygen atoms in total. The van der Waals surface area contributed by atoms with Crippen LogP contribution in [0.2, 0.25) is 0 Å². The second kappa shape index (κ2) is 7.39. The smallest absolute Gasteiger partial charge is 0.227 e. The summed E-state index contributed by atoms with van der Waals surface area (Å²) in [6.45, 7) is 0.473. The van der Waals surface area contributed by atoms with Gasteiger partial charge in [0.25, 0.3) is 0 Å². The van der Waals surface area contributed by atoms with E-state index in [4.69, 9.17) is 18.9 Å². The Kier molecular flexibility index (Phi) is 5.58. The highest BCUT2D eigenvalue weighted by atomic mass is 16.7. The molecule has 0 spiro atoms. The van der Waals surface area contributed by atoms with Crippen molar-refractivity contribution < 1.29 is 49.6 Å². The fraction of sp³-hybridized carbons (Fsp3) is 0.929. The molecular weight excluding hydrogens is 342 g/mol. The van der Waals surface area contributed by atoms with Crippen LogP contribution in [-0.4, -0.2) is 111 Å². The number of fused-ring (bicyclic) bond motifs is 1. The molecule has 3 heterocycles. The zero-order chi connectivity index (χ0) is 18.3. The highest BCUT2D eigenvalue weighted by Crippen LogP contribution is 2.32. The molecule has 0 saturated carbocycles. The Morgan fingerprint density at radius 2 is 1.60 bits per heavy atom. The molecule has 6 N–H and O–H groups in total. The van der Waals surface area contributed by atoms with Crippen LogP contribution >= 0.6 is 0 Å². The summed E-state index contributed by atoms with van der Waals surface area (Å²) in [5.41, 5.74) is 0. The van der Waals surface area contributed by atoms with Crippen LogP contribution in [0.4, 0.5) is 0 Å². The molecule has 0 bridgehead atoms. The summed E-state index contributed by atoms with van der Waals surface area (Å²) < 4.78 is 21.6. The summed E-state index contributed by atoms with van der Waals surface area (Å²) in [6.07, 6.45) is -11.6. The van der Waals surface area contributed by atoms with E-state index >= 15 is 0 Å². The Balaban J connectivity index is 1.75. The number of aliphatic imine (C=N–C) groups is 1. The van der Waals surface area contributed by atoms with Crippen molar-refractivity contribution in [1.82, 2.24) is 0 Å². The summed E-state index contributed by atoms with van der Waals surface area (Å²) in [5, 5.41) is 58.9. The first-order chi connectivity index (χ1) is 11.9. The van der Waals surface area contributed by atoms with Gasteiger partial charge in [0.1, 0.15) is 48.8 Å². The maximum absolute atomic E-state index is 10.5. The molecule has 0 aromatic carbocycles. The molecule has 11 heteroatoms. The fourth-order valence-electron chi connectivity index (χ4n) is 3.20. The van der Waals surface area contributed by atoms with Gasteiger partial charge in [0.15, 0.2) is 12.2 Å². The minimum atomic E-state index is -1.63. The molecule has 3 aliphatic rings. The predicted molar refractivity (Wildman–Crippen MR) is 78.4 cm³/mol. The van der Waals surface area contributed by atoms with Crippen molar-refractivity contribution in [3.05, 3.63) is 0 Å². The third-order valence-electron chi connectivity index (χ3n) is 4.58. The summed E-state index contributed by atoms with van der Waals surface area (Å²) in [7, 11) is 0. The number of nitrogens with zero attached hydrogens (tertiary/aromatic N) is 1. The van der Waals surface area contributed by atoms with Crippen molar-refractivity contribution >= 4 is 5.90 Å². The number of ether oxygens (including phenoxy) is 4. The third-order valence-corrected chi connectivity index (χ3v) is 4.58. The van der Waals surface area contributed by atoms with Crippen molar-refractivity contribution in [2.45, 2.75) is 68.3 Å². The predicted octanol–water partition coefficient (Wildman–Crippen LogP) is -3.93. The normalized spacial score (nSPS) is 50.1. The average Bonchev–Trinajstić information content (AvgIpc) is 2.97. The maximum atomic E-state index is 10.5. The number of hydrogen-bond acceptors (Lipinski definition) is 11. The second-order valence-electron chi connectivity index (χ2n) is 6.27. The first-order valence-electron chi connectivity index (χ1n) is 7.98. The average molecular weight is 365 g/mol. The topological polar surface area (TPSA) is 171 Å². The molecule has 10 atom stereocenters. The third kappa shape index (κ3) is 3.39. The van der Waals surface area contributed by atoms with Gasteiger partial charge in [-0.25, -0.2) is 4.99 Å². The molecule has 2 saturated heterocycles. The summed E-state index contributed by atoms with van der Waals surface area (Å²) >= 11 is 0. The van der Waals surface area contributed by atoms with Gasteiger partial charge in [-0.2, -0.15) is 0 Å². The first-order valence-corrected chi connectivity index (χ1v) is 7.98. The van der Waals surface area contributed by atoms with E-state index in [1.54, 1.807) is 6.92 Å². The van der Waals surface area contributed by atoms with Gasteiger partial charge in [-0.1, -0.05) is 0 Å². The molecule has 3 aliphatic heterocycles. The largest absolute Gasteiger partial charge is 0.450 e. The minimum Gasteiger partial charge on any atom is -0.450 e. The lowest BCUT2D eigenvalue weighted by Gasteiger charge is -2.44. The van der Waals surface area contributed by atoms with E-state index in [1.807, 2.05) is 0 Å². The molecule has 0 aliphatic carbocycles. The van der Waals surface area contributed by atoms with E-state index in [-0.39, 0.29) is 0 Å². The SMILES string of the molecule is CC1=NC2C(O1)O[C@H](CO)[C@H](O[C@@H]1O[C@H](CO)[C@H](O)[C@H](O)[C@H]1O)[C@@H]2O. The standard InChI is InChI=1S/C14H23NO10/c1-4-15-7-9(19)12(6(3-17)24-13(7)22-4)25-14-11(21)10(20)8(18)5(2-16)23-14/h5-14,16-21H,2-3H2,1H3/t5-,6-,7?,8+,9-,10+,11-,12+,13?,14+/m1/s1. The quantitative estimate of drug-likeness (QED) is 0.289. The molecule has 25 heavy (non-hydrogen) atoms. The summed E-state index contributed by atoms with van der Waals surface area (Å²) in [5.74, 6) is 0.319. The van der Waals surface area contributed by atoms with Crippen LogP contribution in [0.5, 0.6) is 0 Å². The van der Waals surface area contributed by atoms with Gasteiger partial charge in [0, 0.05) is 6.92 Å². The molecule has 3 rings (SSSR count). The summed E-state index contributed by atoms with van der Waals surface area (Å²) in [4.78, 5) is 4.11. The van der Waals surface area contributed by atoms with Crippen molar-refractivity contribution in [2.75, 3.05) is 13.2 Å². The number of aliphatic hydroxyl groups excluding tert-OH is 6. The molecule has 2 unspecified atom stereocenters. The highest BCUT2D eigenvalue weighted by Gasteiger charge is 2.52. The molecule has 0 radical (unpaired) electrons. The second-order valence-corrected chi connectivity index (χ2v) is 6.27. The van der Waals surface area contributed by atoms with Gasteiger partial charge in [-0.05, 0) is 0 Å². The van der Waals surface area contributed by atoms with Gasteiger partial charge in [0.2, 0.25) is 6.29 Å². The molecular formula is C14H23NO10. The molecule has 0 amide bonds. The van der Waals surface area contributed by atoms with Crippen LogP contribution in [0.15, 0.2) is 4.99 Å². The van der Waals surface area contributed by atoms with Crippen LogP contribution in [0.25, 0.3) is 0 Å². The van der Waals surface area contributed by atoms with Crippen LogP contribution in [0.1, 0.15) is 6.92 Å². The molecule has 144 valence electrons. The Morgan fingerprint density at radius 1 is 0.920 bits per heavy atom. The molecule has 0 aromatic heterocycles. The molecule has 2 fully saturated rings. The van der Waals surface area contributed by atoms with Crippen LogP contribution in [0.3, 0.4) is 0 Å². The van der Waals surface area contributed by atoms with E-state index in [9.17, 15) is 30.6 Å². The van der Waals surface area contributed by atoms with E-state index in [0.29, 0.717) is 5.90 Å². The van der Waals surface area contributed by atoms with E-state index in [0.717, 1.165) is 0 Å². The lowest BCUT2D eigenvalue weighted by molar-refractivity contribution is -0.341. The van der Waals surface area contributed by atoms with Crippen LogP contribution in [0, 0.1) is 0 Å². The fourth-order valence-corrected chi connectivity index (χ4v) is 3.20.